The summed E-state index contributed by atoms with van der Waals surface area (Å²) in [5, 5.41) is 17.7. The number of rotatable bonds is 6. The predicted molar refractivity (Wildman–Crippen MR) is 143 cm³/mol. The van der Waals surface area contributed by atoms with Crippen LogP contribution in [-0.2, 0) is 11.3 Å². The molecule has 2 aromatic carbocycles. The summed E-state index contributed by atoms with van der Waals surface area (Å²) in [6, 6.07) is 15.8. The van der Waals surface area contributed by atoms with Crippen molar-refractivity contribution in [3.63, 3.8) is 0 Å². The molecular formula is C28H31ClN6O2. The minimum Gasteiger partial charge on any atom is -0.379 e. The monoisotopic (exact) mass is 518 g/mol. The van der Waals surface area contributed by atoms with Crippen LogP contribution in [0.3, 0.4) is 0 Å². The number of carbonyl (C=O) groups excluding carboxylic acids is 1. The normalized spacial score (nSPS) is 17.4. The topological polar surface area (TPSA) is 86.4 Å². The van der Waals surface area contributed by atoms with Crippen LogP contribution in [0.5, 0.6) is 0 Å². The first kappa shape index (κ1) is 25.4. The number of nitrogens with zero attached hydrogens (tertiary/aromatic N) is 5. The van der Waals surface area contributed by atoms with E-state index >= 15 is 0 Å². The van der Waals surface area contributed by atoms with Crippen LogP contribution >= 0.6 is 11.6 Å². The molecule has 1 amide bonds. The molecule has 2 aliphatic heterocycles. The van der Waals surface area contributed by atoms with Crippen molar-refractivity contribution in [3.05, 3.63) is 76.1 Å². The molecular weight excluding hydrogens is 488 g/mol. The van der Waals surface area contributed by atoms with Crippen molar-refractivity contribution in [2.24, 2.45) is 0 Å². The van der Waals surface area contributed by atoms with Gasteiger partial charge < -0.3 is 10.1 Å². The Kier molecular flexibility index (Phi) is 7.87. The fourth-order valence-electron chi connectivity index (χ4n) is 5.20. The Morgan fingerprint density at radius 2 is 1.86 bits per heavy atom. The van der Waals surface area contributed by atoms with Gasteiger partial charge in [0, 0.05) is 36.4 Å². The molecule has 1 aromatic heterocycles. The summed E-state index contributed by atoms with van der Waals surface area (Å²) in [5.74, 6) is -0.264. The molecule has 0 unspecified atom stereocenters. The van der Waals surface area contributed by atoms with Crippen molar-refractivity contribution in [3.8, 4) is 11.8 Å². The lowest BCUT2D eigenvalue weighted by molar-refractivity contribution is 0.000225. The number of nitriles is 1. The van der Waals surface area contributed by atoms with Gasteiger partial charge in [0.05, 0.1) is 48.0 Å². The fraction of sp³-hybridized carbons (Fsp3) is 0.393. The van der Waals surface area contributed by atoms with Crippen molar-refractivity contribution >= 4 is 23.2 Å². The maximum atomic E-state index is 13.0. The van der Waals surface area contributed by atoms with E-state index in [9.17, 15) is 10.1 Å². The standard InChI is InChI=1S/C28H31ClN6O2/c1-20-27(18-31-35(20)26-6-3-23(29)4-7-26)28(36)32-24-5-2-21(22(16-24)17-30)19-33-10-8-25(9-11-33)34-12-14-37-15-13-34/h2-7,16,18,25H,8-15,19H2,1H3,(H,32,36). The van der Waals surface area contributed by atoms with Gasteiger partial charge in [-0.1, -0.05) is 17.7 Å². The molecule has 0 spiro atoms. The lowest BCUT2D eigenvalue weighted by Gasteiger charge is -2.40. The Labute approximate surface area is 222 Å². The SMILES string of the molecule is Cc1c(C(=O)Nc2ccc(CN3CCC(N4CCOCC4)CC3)c(C#N)c2)cnn1-c1ccc(Cl)cc1. The molecule has 1 N–H and O–H groups in total. The molecule has 5 rings (SSSR count). The van der Waals surface area contributed by atoms with Crippen LogP contribution in [0.4, 0.5) is 5.69 Å². The fourth-order valence-corrected chi connectivity index (χ4v) is 5.32. The van der Waals surface area contributed by atoms with Gasteiger partial charge in [0.1, 0.15) is 0 Å². The van der Waals surface area contributed by atoms with Gasteiger partial charge in [-0.2, -0.15) is 10.4 Å². The molecule has 2 aliphatic rings. The number of morpholine rings is 1. The number of hydrogen-bond donors (Lipinski definition) is 1. The van der Waals surface area contributed by atoms with E-state index in [1.807, 2.05) is 31.2 Å². The number of hydrogen-bond acceptors (Lipinski definition) is 6. The van der Waals surface area contributed by atoms with Crippen LogP contribution in [0.15, 0.2) is 48.7 Å². The molecule has 0 aliphatic carbocycles. The Morgan fingerprint density at radius 1 is 1.14 bits per heavy atom. The van der Waals surface area contributed by atoms with Crippen molar-refractivity contribution in [1.82, 2.24) is 19.6 Å². The summed E-state index contributed by atoms with van der Waals surface area (Å²) in [6.45, 7) is 8.33. The van der Waals surface area contributed by atoms with Gasteiger partial charge in [0.2, 0.25) is 0 Å². The number of ether oxygens (including phenoxy) is 1. The lowest BCUT2D eigenvalue weighted by atomic mass is 10.0. The van der Waals surface area contributed by atoms with E-state index < -0.39 is 0 Å². The highest BCUT2D eigenvalue weighted by Gasteiger charge is 2.26. The predicted octanol–water partition coefficient (Wildman–Crippen LogP) is 4.25. The van der Waals surface area contributed by atoms with Crippen LogP contribution in [0.25, 0.3) is 5.69 Å². The number of aromatic nitrogens is 2. The molecule has 0 radical (unpaired) electrons. The zero-order valence-electron chi connectivity index (χ0n) is 21.0. The van der Waals surface area contributed by atoms with Gasteiger partial charge in [0.15, 0.2) is 0 Å². The van der Waals surface area contributed by atoms with Gasteiger partial charge in [-0.3, -0.25) is 14.6 Å². The third-order valence-corrected chi connectivity index (χ3v) is 7.58. The average molecular weight is 519 g/mol. The van der Waals surface area contributed by atoms with Crippen LogP contribution in [0.1, 0.15) is 40.0 Å². The number of anilines is 1. The van der Waals surface area contributed by atoms with E-state index in [2.05, 4.69) is 26.3 Å². The summed E-state index contributed by atoms with van der Waals surface area (Å²) in [4.78, 5) is 18.0. The molecule has 37 heavy (non-hydrogen) atoms. The molecule has 3 aromatic rings. The average Bonchev–Trinajstić information content (AvgIpc) is 3.32. The summed E-state index contributed by atoms with van der Waals surface area (Å²) in [7, 11) is 0. The second-order valence-corrected chi connectivity index (χ2v) is 10.1. The van der Waals surface area contributed by atoms with Crippen molar-refractivity contribution in [2.75, 3.05) is 44.7 Å². The Morgan fingerprint density at radius 3 is 2.57 bits per heavy atom. The molecule has 3 heterocycles. The Hall–Kier alpha value is -3.22. The zero-order valence-corrected chi connectivity index (χ0v) is 21.7. The number of carbonyl (C=O) groups is 1. The second-order valence-electron chi connectivity index (χ2n) is 9.63. The smallest absolute Gasteiger partial charge is 0.259 e. The van der Waals surface area contributed by atoms with E-state index in [0.717, 1.165) is 75.7 Å². The molecule has 0 bridgehead atoms. The third kappa shape index (κ3) is 5.86. The van der Waals surface area contributed by atoms with Crippen LogP contribution in [0.2, 0.25) is 5.02 Å². The summed E-state index contributed by atoms with van der Waals surface area (Å²) < 4.78 is 7.19. The van der Waals surface area contributed by atoms with Crippen LogP contribution in [-0.4, -0.2) is 70.9 Å². The van der Waals surface area contributed by atoms with E-state index in [1.165, 1.54) is 0 Å². The molecule has 0 saturated carbocycles. The second kappa shape index (κ2) is 11.4. The van der Waals surface area contributed by atoms with E-state index in [1.54, 1.807) is 29.1 Å². The minimum atomic E-state index is -0.264. The zero-order chi connectivity index (χ0) is 25.8. The van der Waals surface area contributed by atoms with Crippen molar-refractivity contribution < 1.29 is 9.53 Å². The van der Waals surface area contributed by atoms with Gasteiger partial charge >= 0.3 is 0 Å². The molecule has 2 saturated heterocycles. The Balaban J connectivity index is 1.21. The van der Waals surface area contributed by atoms with Gasteiger partial charge in [0.25, 0.3) is 5.91 Å². The third-order valence-electron chi connectivity index (χ3n) is 7.33. The van der Waals surface area contributed by atoms with E-state index in [-0.39, 0.29) is 5.91 Å². The highest BCUT2D eigenvalue weighted by molar-refractivity contribution is 6.30. The summed E-state index contributed by atoms with van der Waals surface area (Å²) in [6.07, 6.45) is 3.83. The lowest BCUT2D eigenvalue weighted by Crippen LogP contribution is -2.48. The van der Waals surface area contributed by atoms with Gasteiger partial charge in [-0.05, 0) is 74.8 Å². The molecule has 192 valence electrons. The van der Waals surface area contributed by atoms with Crippen molar-refractivity contribution in [2.45, 2.75) is 32.4 Å². The van der Waals surface area contributed by atoms with Crippen LogP contribution < -0.4 is 5.32 Å². The minimum absolute atomic E-state index is 0.264. The summed E-state index contributed by atoms with van der Waals surface area (Å²) in [5.41, 5.74) is 4.18. The van der Waals surface area contributed by atoms with Gasteiger partial charge in [-0.15, -0.1) is 0 Å². The highest BCUT2D eigenvalue weighted by Crippen LogP contribution is 2.23. The highest BCUT2D eigenvalue weighted by atomic mass is 35.5. The number of piperidine rings is 1. The largest absolute Gasteiger partial charge is 0.379 e. The van der Waals surface area contributed by atoms with Crippen molar-refractivity contribution in [1.29, 1.82) is 5.26 Å². The molecule has 8 nitrogen and oxygen atoms in total. The van der Waals surface area contributed by atoms with E-state index in [0.29, 0.717) is 27.9 Å². The maximum absolute atomic E-state index is 13.0. The first-order valence-corrected chi connectivity index (χ1v) is 13.1. The Bertz CT molecular complexity index is 1280. The molecule has 2 fully saturated rings. The number of amides is 1. The number of halogens is 1. The van der Waals surface area contributed by atoms with Crippen LogP contribution in [0, 0.1) is 18.3 Å². The number of nitrogens with one attached hydrogen (secondary N) is 1. The number of likely N-dealkylation sites (tertiary alicyclic amines) is 1. The quantitative estimate of drug-likeness (QED) is 0.525. The van der Waals surface area contributed by atoms with E-state index in [4.69, 9.17) is 16.3 Å². The maximum Gasteiger partial charge on any atom is 0.259 e. The number of benzene rings is 2. The first-order chi connectivity index (χ1) is 18.0. The summed E-state index contributed by atoms with van der Waals surface area (Å²) >= 11 is 5.99. The first-order valence-electron chi connectivity index (χ1n) is 12.7. The molecule has 0 atom stereocenters. The molecule has 9 heteroatoms. The van der Waals surface area contributed by atoms with Gasteiger partial charge in [-0.25, -0.2) is 4.68 Å².